The van der Waals surface area contributed by atoms with Crippen molar-refractivity contribution in [2.45, 2.75) is 13.8 Å². The van der Waals surface area contributed by atoms with Gasteiger partial charge in [-0.3, -0.25) is 0 Å². The Bertz CT molecular complexity index is 582. The maximum absolute atomic E-state index is 13.6. The molecule has 0 atom stereocenters. The van der Waals surface area contributed by atoms with E-state index in [9.17, 15) is 13.2 Å². The Morgan fingerprint density at radius 2 is 1.88 bits per heavy atom. The van der Waals surface area contributed by atoms with Crippen LogP contribution < -0.4 is 5.32 Å². The maximum Gasteiger partial charge on any atom is 0.196 e. The third kappa shape index (κ3) is 1.92. The van der Waals surface area contributed by atoms with Crippen LogP contribution in [0.1, 0.15) is 12.6 Å². The minimum absolute atomic E-state index is 0.153. The van der Waals surface area contributed by atoms with Gasteiger partial charge in [0.2, 0.25) is 0 Å². The molecule has 1 heterocycles. The molecule has 0 bridgehead atoms. The molecule has 1 N–H and O–H groups in total. The fourth-order valence-corrected chi connectivity index (χ4v) is 1.73. The van der Waals surface area contributed by atoms with Gasteiger partial charge in [0.15, 0.2) is 17.5 Å². The second-order valence-corrected chi connectivity index (χ2v) is 3.72. The Morgan fingerprint density at radius 3 is 2.53 bits per heavy atom. The van der Waals surface area contributed by atoms with Gasteiger partial charge in [-0.25, -0.2) is 18.2 Å². The van der Waals surface area contributed by atoms with Gasteiger partial charge < -0.3 is 5.32 Å². The molecular formula is C12H11F3N2. The summed E-state index contributed by atoms with van der Waals surface area (Å²) in [5.74, 6) is -3.94. The Labute approximate surface area is 96.5 Å². The number of pyridine rings is 1. The average molecular weight is 240 g/mol. The third-order valence-electron chi connectivity index (χ3n) is 2.44. The first-order valence-electron chi connectivity index (χ1n) is 5.23. The van der Waals surface area contributed by atoms with Crippen molar-refractivity contribution in [3.05, 3.63) is 35.3 Å². The van der Waals surface area contributed by atoms with Gasteiger partial charge in [0.05, 0.1) is 0 Å². The molecule has 0 aliphatic heterocycles. The summed E-state index contributed by atoms with van der Waals surface area (Å²) in [4.78, 5) is 3.90. The van der Waals surface area contributed by atoms with Crippen LogP contribution in [0.5, 0.6) is 0 Å². The summed E-state index contributed by atoms with van der Waals surface area (Å²) in [6, 6.07) is 2.63. The van der Waals surface area contributed by atoms with Gasteiger partial charge in [0.25, 0.3) is 0 Å². The van der Waals surface area contributed by atoms with Crippen molar-refractivity contribution in [1.29, 1.82) is 0 Å². The lowest BCUT2D eigenvalue weighted by Crippen LogP contribution is -2.02. The van der Waals surface area contributed by atoms with E-state index in [-0.39, 0.29) is 10.9 Å². The molecule has 0 unspecified atom stereocenters. The topological polar surface area (TPSA) is 24.9 Å². The predicted octanol–water partition coefficient (Wildman–Crippen LogP) is 3.39. The van der Waals surface area contributed by atoms with Crippen molar-refractivity contribution in [1.82, 2.24) is 4.98 Å². The summed E-state index contributed by atoms with van der Waals surface area (Å²) in [6.45, 7) is 4.12. The summed E-state index contributed by atoms with van der Waals surface area (Å²) in [7, 11) is 0. The quantitative estimate of drug-likeness (QED) is 0.814. The first-order chi connectivity index (χ1) is 8.04. The van der Waals surface area contributed by atoms with E-state index in [0.29, 0.717) is 17.9 Å². The molecule has 0 amide bonds. The average Bonchev–Trinajstić information content (AvgIpc) is 2.28. The molecule has 90 valence electrons. The van der Waals surface area contributed by atoms with Crippen LogP contribution in [0.15, 0.2) is 12.1 Å². The lowest BCUT2D eigenvalue weighted by molar-refractivity contribution is 0.452. The molecule has 0 saturated carbocycles. The van der Waals surface area contributed by atoms with E-state index in [1.54, 1.807) is 13.0 Å². The molecule has 1 aromatic heterocycles. The summed E-state index contributed by atoms with van der Waals surface area (Å²) in [5.41, 5.74) is 0.936. The fourth-order valence-electron chi connectivity index (χ4n) is 1.73. The smallest absolute Gasteiger partial charge is 0.196 e. The number of hydrogen-bond donors (Lipinski definition) is 1. The predicted molar refractivity (Wildman–Crippen MR) is 60.5 cm³/mol. The molecule has 0 fully saturated rings. The van der Waals surface area contributed by atoms with Crippen molar-refractivity contribution < 1.29 is 13.2 Å². The number of nitrogens with one attached hydrogen (secondary N) is 1. The minimum Gasteiger partial charge on any atom is -0.385 e. The summed E-state index contributed by atoms with van der Waals surface area (Å²) in [5, 5.41) is 3.21. The van der Waals surface area contributed by atoms with E-state index in [1.165, 1.54) is 0 Å². The van der Waals surface area contributed by atoms with E-state index in [1.807, 2.05) is 6.92 Å². The van der Waals surface area contributed by atoms with Crippen LogP contribution in [-0.4, -0.2) is 11.5 Å². The number of nitrogens with zero attached hydrogens (tertiary/aromatic N) is 1. The molecule has 0 radical (unpaired) electrons. The molecule has 0 spiro atoms. The Balaban J connectivity index is 2.84. The first-order valence-corrected chi connectivity index (χ1v) is 5.23. The van der Waals surface area contributed by atoms with E-state index in [0.717, 1.165) is 6.07 Å². The van der Waals surface area contributed by atoms with Gasteiger partial charge in [-0.15, -0.1) is 0 Å². The van der Waals surface area contributed by atoms with Gasteiger partial charge in [-0.05, 0) is 26.0 Å². The summed E-state index contributed by atoms with van der Waals surface area (Å²) >= 11 is 0. The van der Waals surface area contributed by atoms with Gasteiger partial charge in [-0.2, -0.15) is 0 Å². The number of aromatic nitrogens is 1. The number of benzene rings is 1. The van der Waals surface area contributed by atoms with Crippen molar-refractivity contribution in [3.8, 4) is 0 Å². The monoisotopic (exact) mass is 240 g/mol. The number of aryl methyl sites for hydroxylation is 1. The first kappa shape index (κ1) is 11.7. The fraction of sp³-hybridized carbons (Fsp3) is 0.250. The van der Waals surface area contributed by atoms with Crippen molar-refractivity contribution >= 4 is 16.6 Å². The Morgan fingerprint density at radius 1 is 1.18 bits per heavy atom. The number of fused-ring (bicyclic) bond motifs is 1. The lowest BCUT2D eigenvalue weighted by atomic mass is 10.1. The summed E-state index contributed by atoms with van der Waals surface area (Å²) < 4.78 is 39.8. The lowest BCUT2D eigenvalue weighted by Gasteiger charge is -2.10. The zero-order valence-corrected chi connectivity index (χ0v) is 9.44. The van der Waals surface area contributed by atoms with E-state index in [4.69, 9.17) is 0 Å². The van der Waals surface area contributed by atoms with Crippen LogP contribution in [0.3, 0.4) is 0 Å². The van der Waals surface area contributed by atoms with E-state index >= 15 is 0 Å². The van der Waals surface area contributed by atoms with Crippen LogP contribution in [0, 0.1) is 24.4 Å². The number of halogens is 3. The molecule has 1 aromatic carbocycles. The van der Waals surface area contributed by atoms with Gasteiger partial charge >= 0.3 is 0 Å². The molecule has 5 heteroatoms. The molecule has 17 heavy (non-hydrogen) atoms. The molecule has 2 nitrogen and oxygen atoms in total. The van der Waals surface area contributed by atoms with Crippen LogP contribution in [0.25, 0.3) is 10.9 Å². The highest BCUT2D eigenvalue weighted by Gasteiger charge is 2.16. The molecule has 2 rings (SSSR count). The van der Waals surface area contributed by atoms with Crippen molar-refractivity contribution in [3.63, 3.8) is 0 Å². The second-order valence-electron chi connectivity index (χ2n) is 3.72. The Kier molecular flexibility index (Phi) is 2.92. The normalized spacial score (nSPS) is 10.9. The summed E-state index contributed by atoms with van der Waals surface area (Å²) in [6.07, 6.45) is 0. The third-order valence-corrected chi connectivity index (χ3v) is 2.44. The standard InChI is InChI=1S/C12H11F3N2/c1-3-16-9-4-6(2)17-12-7(9)5-8(13)10(14)11(12)15/h4-5H,3H2,1-2H3,(H,16,17). The SMILES string of the molecule is CCNc1cc(C)nc2c(F)c(F)c(F)cc12. The molecule has 2 aromatic rings. The highest BCUT2D eigenvalue weighted by Crippen LogP contribution is 2.28. The zero-order chi connectivity index (χ0) is 12.6. The van der Waals surface area contributed by atoms with Crippen molar-refractivity contribution in [2.24, 2.45) is 0 Å². The number of anilines is 1. The number of hydrogen-bond acceptors (Lipinski definition) is 2. The van der Waals surface area contributed by atoms with Crippen LogP contribution >= 0.6 is 0 Å². The molecule has 0 aliphatic rings. The minimum atomic E-state index is -1.49. The van der Waals surface area contributed by atoms with Crippen molar-refractivity contribution in [2.75, 3.05) is 11.9 Å². The Hall–Kier alpha value is -1.78. The van der Waals surface area contributed by atoms with E-state index < -0.39 is 17.5 Å². The van der Waals surface area contributed by atoms with Crippen LogP contribution in [0.2, 0.25) is 0 Å². The van der Waals surface area contributed by atoms with Gasteiger partial charge in [-0.1, -0.05) is 0 Å². The van der Waals surface area contributed by atoms with Crippen LogP contribution in [-0.2, 0) is 0 Å². The maximum atomic E-state index is 13.6. The molecule has 0 saturated heterocycles. The zero-order valence-electron chi connectivity index (χ0n) is 9.44. The highest BCUT2D eigenvalue weighted by molar-refractivity contribution is 5.92. The highest BCUT2D eigenvalue weighted by atomic mass is 19.2. The van der Waals surface area contributed by atoms with Gasteiger partial charge in [0.1, 0.15) is 5.52 Å². The van der Waals surface area contributed by atoms with Gasteiger partial charge in [0, 0.05) is 23.3 Å². The second kappa shape index (κ2) is 4.24. The van der Waals surface area contributed by atoms with E-state index in [2.05, 4.69) is 10.3 Å². The largest absolute Gasteiger partial charge is 0.385 e. The molecule has 0 aliphatic carbocycles. The molecular weight excluding hydrogens is 229 g/mol. The number of rotatable bonds is 2. The van der Waals surface area contributed by atoms with Crippen LogP contribution in [0.4, 0.5) is 18.9 Å².